The van der Waals surface area contributed by atoms with Gasteiger partial charge in [-0.25, -0.2) is 0 Å². The third kappa shape index (κ3) is 5.47. The van der Waals surface area contributed by atoms with Crippen LogP contribution in [0.1, 0.15) is 25.8 Å². The number of hydrogen-bond acceptors (Lipinski definition) is 1. The van der Waals surface area contributed by atoms with Gasteiger partial charge in [-0.15, -0.1) is 6.58 Å². The quantitative estimate of drug-likeness (QED) is 0.466. The molecule has 0 fully saturated rings. The van der Waals surface area contributed by atoms with Crippen molar-refractivity contribution in [3.8, 4) is 0 Å². The largest absolute Gasteiger partial charge is 0.291 e. The fraction of sp³-hybridized carbons (Fsp3) is 0.364. The van der Waals surface area contributed by atoms with Gasteiger partial charge in [0.1, 0.15) is 0 Å². The maximum absolute atomic E-state index is 4.05. The van der Waals surface area contributed by atoms with Crippen molar-refractivity contribution in [2.45, 2.75) is 44.9 Å². The van der Waals surface area contributed by atoms with Gasteiger partial charge in [-0.3, -0.25) is 4.90 Å². The maximum atomic E-state index is 4.05. The molecule has 0 atom stereocenters. The molecular formula is C22H30NSi. The van der Waals surface area contributed by atoms with E-state index in [1.807, 2.05) is 0 Å². The van der Waals surface area contributed by atoms with E-state index >= 15 is 0 Å². The van der Waals surface area contributed by atoms with Crippen molar-refractivity contribution in [2.75, 3.05) is 6.54 Å². The van der Waals surface area contributed by atoms with Crippen LogP contribution in [0.15, 0.2) is 73.3 Å². The molecule has 0 aliphatic carbocycles. The second kappa shape index (κ2) is 9.00. The first-order valence-corrected chi connectivity index (χ1v) is 11.0. The SMILES string of the molecule is C=CC(C)(C)N(CCC[Si](C)c1ccccc1)Cc1ccccc1. The Hall–Kier alpha value is -1.64. The highest BCUT2D eigenvalue weighted by atomic mass is 28.3. The van der Waals surface area contributed by atoms with Gasteiger partial charge in [0.2, 0.25) is 0 Å². The van der Waals surface area contributed by atoms with E-state index in [0.717, 1.165) is 13.1 Å². The van der Waals surface area contributed by atoms with E-state index < -0.39 is 8.80 Å². The lowest BCUT2D eigenvalue weighted by Gasteiger charge is -2.36. The number of hydrogen-bond donors (Lipinski definition) is 0. The number of rotatable bonds is 9. The van der Waals surface area contributed by atoms with Crippen molar-refractivity contribution < 1.29 is 0 Å². The van der Waals surface area contributed by atoms with Crippen LogP contribution in [0.5, 0.6) is 0 Å². The minimum absolute atomic E-state index is 0.0171. The zero-order valence-corrected chi connectivity index (χ0v) is 16.3. The Balaban J connectivity index is 1.94. The Morgan fingerprint density at radius 2 is 1.58 bits per heavy atom. The first-order valence-electron chi connectivity index (χ1n) is 8.83. The first kappa shape index (κ1) is 18.7. The molecule has 0 unspecified atom stereocenters. The normalized spacial score (nSPS) is 11.9. The third-order valence-electron chi connectivity index (χ3n) is 4.78. The molecule has 0 spiro atoms. The van der Waals surface area contributed by atoms with E-state index in [1.54, 1.807) is 5.19 Å². The van der Waals surface area contributed by atoms with Crippen LogP contribution in [0.4, 0.5) is 0 Å². The predicted molar refractivity (Wildman–Crippen MR) is 108 cm³/mol. The molecule has 2 aromatic carbocycles. The van der Waals surface area contributed by atoms with Crippen LogP contribution in [-0.4, -0.2) is 25.8 Å². The molecule has 0 bridgehead atoms. The van der Waals surface area contributed by atoms with E-state index in [1.165, 1.54) is 18.0 Å². The minimum atomic E-state index is -0.439. The Kier molecular flexibility index (Phi) is 7.01. The van der Waals surface area contributed by atoms with Crippen LogP contribution in [0.2, 0.25) is 12.6 Å². The van der Waals surface area contributed by atoms with Crippen molar-refractivity contribution in [1.29, 1.82) is 0 Å². The van der Waals surface area contributed by atoms with Crippen LogP contribution in [-0.2, 0) is 6.54 Å². The lowest BCUT2D eigenvalue weighted by molar-refractivity contribution is 0.153. The Morgan fingerprint density at radius 1 is 1.00 bits per heavy atom. The van der Waals surface area contributed by atoms with Crippen LogP contribution in [0.3, 0.4) is 0 Å². The summed E-state index contributed by atoms with van der Waals surface area (Å²) in [6.07, 6.45) is 3.31. The highest BCUT2D eigenvalue weighted by Gasteiger charge is 2.23. The molecule has 2 rings (SSSR count). The summed E-state index contributed by atoms with van der Waals surface area (Å²) in [5.41, 5.74) is 1.39. The lowest BCUT2D eigenvalue weighted by Crippen LogP contribution is -2.42. The van der Waals surface area contributed by atoms with Crippen LogP contribution < -0.4 is 5.19 Å². The summed E-state index contributed by atoms with van der Waals surface area (Å²) >= 11 is 0. The lowest BCUT2D eigenvalue weighted by atomic mass is 10.0. The molecule has 24 heavy (non-hydrogen) atoms. The fourth-order valence-electron chi connectivity index (χ4n) is 2.91. The molecule has 2 aromatic rings. The van der Waals surface area contributed by atoms with Crippen molar-refractivity contribution in [2.24, 2.45) is 0 Å². The van der Waals surface area contributed by atoms with E-state index in [9.17, 15) is 0 Å². The molecule has 1 nitrogen and oxygen atoms in total. The maximum Gasteiger partial charge on any atom is 0.0824 e. The van der Waals surface area contributed by atoms with Gasteiger partial charge in [0.05, 0.1) is 8.80 Å². The van der Waals surface area contributed by atoms with E-state index in [-0.39, 0.29) is 5.54 Å². The third-order valence-corrected chi connectivity index (χ3v) is 7.20. The molecule has 0 heterocycles. The fourth-order valence-corrected chi connectivity index (χ4v) is 4.64. The Morgan fingerprint density at radius 3 is 2.17 bits per heavy atom. The second-order valence-corrected chi connectivity index (χ2v) is 9.65. The van der Waals surface area contributed by atoms with Gasteiger partial charge in [-0.05, 0) is 32.4 Å². The van der Waals surface area contributed by atoms with Gasteiger partial charge in [0, 0.05) is 12.1 Å². The zero-order valence-electron chi connectivity index (χ0n) is 15.3. The Bertz CT molecular complexity index is 606. The van der Waals surface area contributed by atoms with E-state index in [2.05, 4.69) is 98.6 Å². The molecule has 2 heteroatoms. The van der Waals surface area contributed by atoms with E-state index in [4.69, 9.17) is 0 Å². The molecule has 0 aliphatic heterocycles. The summed E-state index contributed by atoms with van der Waals surface area (Å²) in [6.45, 7) is 13.1. The molecule has 0 N–H and O–H groups in total. The summed E-state index contributed by atoms with van der Waals surface area (Å²) in [5, 5.41) is 1.54. The highest BCUT2D eigenvalue weighted by molar-refractivity contribution is 6.71. The van der Waals surface area contributed by atoms with Crippen molar-refractivity contribution in [3.05, 3.63) is 78.9 Å². The summed E-state index contributed by atoms with van der Waals surface area (Å²) < 4.78 is 0. The molecular weight excluding hydrogens is 306 g/mol. The minimum Gasteiger partial charge on any atom is -0.291 e. The summed E-state index contributed by atoms with van der Waals surface area (Å²) in [7, 11) is -0.439. The molecule has 0 amide bonds. The average molecular weight is 337 g/mol. The molecule has 0 saturated carbocycles. The van der Waals surface area contributed by atoms with Crippen molar-refractivity contribution in [1.82, 2.24) is 4.90 Å². The van der Waals surface area contributed by atoms with Crippen molar-refractivity contribution >= 4 is 14.0 Å². The van der Waals surface area contributed by atoms with Crippen LogP contribution in [0, 0.1) is 0 Å². The number of nitrogens with zero attached hydrogens (tertiary/aromatic N) is 1. The van der Waals surface area contributed by atoms with Gasteiger partial charge < -0.3 is 0 Å². The summed E-state index contributed by atoms with van der Waals surface area (Å²) in [6, 6.07) is 23.0. The standard InChI is InChI=1S/C22H30NSi/c1-5-22(2,3)23(19-20-13-8-6-9-14-20)17-12-18-24(4)21-15-10-7-11-16-21/h5-11,13-16H,1,12,17-19H2,2-4H3. The monoisotopic (exact) mass is 336 g/mol. The van der Waals surface area contributed by atoms with Gasteiger partial charge >= 0.3 is 0 Å². The second-order valence-electron chi connectivity index (χ2n) is 7.01. The van der Waals surface area contributed by atoms with Gasteiger partial charge in [-0.1, -0.05) is 84.5 Å². The molecule has 127 valence electrons. The van der Waals surface area contributed by atoms with Gasteiger partial charge in [0.25, 0.3) is 0 Å². The summed E-state index contributed by atoms with van der Waals surface area (Å²) in [4.78, 5) is 2.55. The molecule has 0 saturated heterocycles. The van der Waals surface area contributed by atoms with Gasteiger partial charge in [-0.2, -0.15) is 0 Å². The average Bonchev–Trinajstić information content (AvgIpc) is 2.62. The van der Waals surface area contributed by atoms with Gasteiger partial charge in [0.15, 0.2) is 0 Å². The predicted octanol–water partition coefficient (Wildman–Crippen LogP) is 4.88. The molecule has 0 aromatic heterocycles. The molecule has 1 radical (unpaired) electrons. The smallest absolute Gasteiger partial charge is 0.0824 e. The first-order chi connectivity index (χ1) is 11.5. The van der Waals surface area contributed by atoms with Crippen LogP contribution in [0.25, 0.3) is 0 Å². The zero-order chi connectivity index (χ0) is 17.4. The van der Waals surface area contributed by atoms with E-state index in [0.29, 0.717) is 0 Å². The topological polar surface area (TPSA) is 3.24 Å². The van der Waals surface area contributed by atoms with Crippen LogP contribution >= 0.6 is 0 Å². The Labute approximate surface area is 149 Å². The summed E-state index contributed by atoms with van der Waals surface area (Å²) in [5.74, 6) is 0. The number of benzene rings is 2. The van der Waals surface area contributed by atoms with Crippen molar-refractivity contribution in [3.63, 3.8) is 0 Å². The molecule has 0 aliphatic rings. The highest BCUT2D eigenvalue weighted by Crippen LogP contribution is 2.20.